The average molecular weight is 1440 g/mol. The average Bonchev–Trinajstić information content (AvgIpc) is 0.811. The van der Waals surface area contributed by atoms with Crippen LogP contribution in [0.15, 0.2) is 0 Å². The number of ether oxygens (including phenoxy) is 9. The number of hydrogen-bond acceptors (Lipinski definition) is 28. The molecule has 3 fully saturated rings. The molecule has 0 saturated carbocycles. The number of hydrogen-bond donors (Lipinski definition) is 19. The van der Waals surface area contributed by atoms with Gasteiger partial charge in [0.05, 0.1) is 39.6 Å². The summed E-state index contributed by atoms with van der Waals surface area (Å²) >= 11 is 0. The summed E-state index contributed by atoms with van der Waals surface area (Å²) in [4.78, 5) is 99.1. The van der Waals surface area contributed by atoms with E-state index in [-0.39, 0.29) is 121 Å². The van der Waals surface area contributed by atoms with Crippen molar-refractivity contribution in [3.05, 3.63) is 0 Å². The molecule has 0 aliphatic carbocycles. The Morgan fingerprint density at radius 2 is 0.700 bits per heavy atom. The fourth-order valence-corrected chi connectivity index (χ4v) is 11.4. The lowest BCUT2D eigenvalue weighted by atomic mass is 9.82. The Morgan fingerprint density at radius 1 is 0.380 bits per heavy atom. The molecule has 8 amide bonds. The Hall–Kier alpha value is -5.04. The van der Waals surface area contributed by atoms with Gasteiger partial charge in [-0.15, -0.1) is 0 Å². The molecule has 15 atom stereocenters. The van der Waals surface area contributed by atoms with Crippen LogP contribution in [-0.2, 0) is 81.0 Å². The van der Waals surface area contributed by atoms with Crippen LogP contribution in [0.3, 0.4) is 0 Å². The molecule has 0 radical (unpaired) electrons. The third-order valence-electron chi connectivity index (χ3n) is 16.6. The van der Waals surface area contributed by atoms with E-state index < -0.39 is 135 Å². The van der Waals surface area contributed by atoms with Gasteiger partial charge in [-0.25, -0.2) is 0 Å². The van der Waals surface area contributed by atoms with Gasteiger partial charge in [0.2, 0.25) is 47.3 Å². The van der Waals surface area contributed by atoms with Crippen LogP contribution in [0.2, 0.25) is 0 Å². The number of amides is 8. The number of carbonyl (C=O) groups is 8. The van der Waals surface area contributed by atoms with E-state index in [1.54, 1.807) is 0 Å². The number of aliphatic hydroxyl groups excluding tert-OH is 9. The molecule has 3 aliphatic rings. The highest BCUT2D eigenvalue weighted by molar-refractivity contribution is 5.79. The minimum Gasteiger partial charge on any atom is -0.394 e. The zero-order valence-electron chi connectivity index (χ0n) is 58.7. The molecule has 0 aromatic carbocycles. The molecular weight excluding hydrogens is 1320 g/mol. The van der Waals surface area contributed by atoms with Crippen molar-refractivity contribution in [1.82, 2.24) is 53.2 Å². The summed E-state index contributed by atoms with van der Waals surface area (Å²) in [7, 11) is 0. The monoisotopic (exact) mass is 1440 g/mol. The van der Waals surface area contributed by atoms with Crippen LogP contribution >= 0.6 is 0 Å². The SMILES string of the molecule is CC(=O)N[C@H]1[C@H](OCCCCCNC(=O)COCCNCCCC(CCC(=O)NCCOCC(=O)NCCCCCO[C@@H]2O[C@H](CO)[C@H](O)[C@H](O)[C@H]2NC(C)=O)(CCC(=O)NCCOCC(=O)NCCCCCO[C@@H]2O[C@H](CO)[C@H](O)[C@H](O)[C@H]2NC(C)=O)NC(C)C)O[C@H](CO)[C@H](O)[C@@H]1O. The maximum atomic E-state index is 13.3. The van der Waals surface area contributed by atoms with E-state index in [0.29, 0.717) is 116 Å². The lowest BCUT2D eigenvalue weighted by Gasteiger charge is -2.42. The second kappa shape index (κ2) is 51.2. The molecule has 3 rings (SSSR count). The van der Waals surface area contributed by atoms with Crippen LogP contribution in [0.4, 0.5) is 0 Å². The van der Waals surface area contributed by atoms with Crippen molar-refractivity contribution in [2.75, 3.05) is 125 Å². The first-order valence-corrected chi connectivity index (χ1v) is 34.9. The maximum Gasteiger partial charge on any atom is 0.245 e. The topological polar surface area (TPSA) is 522 Å². The normalized spacial score (nSPS) is 25.4. The fraction of sp³-hybridized carbons (Fsp3) is 0.875. The number of carbonyl (C=O) groups excluding carboxylic acids is 8. The van der Waals surface area contributed by atoms with Crippen LogP contribution in [-0.4, -0.2) is 322 Å². The Labute approximate surface area is 585 Å². The van der Waals surface area contributed by atoms with Gasteiger partial charge >= 0.3 is 0 Å². The molecular formula is C64H118N10O26. The van der Waals surface area contributed by atoms with E-state index in [1.807, 2.05) is 13.8 Å². The molecule has 0 spiro atoms. The second-order valence-electron chi connectivity index (χ2n) is 25.4. The highest BCUT2D eigenvalue weighted by Crippen LogP contribution is 2.28. The number of unbranched alkanes of at least 4 members (excludes halogenated alkanes) is 6. The van der Waals surface area contributed by atoms with Crippen molar-refractivity contribution in [2.24, 2.45) is 0 Å². The zero-order valence-corrected chi connectivity index (χ0v) is 58.7. The highest BCUT2D eigenvalue weighted by Gasteiger charge is 2.48. The van der Waals surface area contributed by atoms with Crippen molar-refractivity contribution in [3.8, 4) is 0 Å². The summed E-state index contributed by atoms with van der Waals surface area (Å²) in [6, 6.07) is -3.15. The van der Waals surface area contributed by atoms with Crippen LogP contribution in [0, 0.1) is 0 Å². The molecule has 0 aromatic rings. The minimum atomic E-state index is -1.42. The Morgan fingerprint density at radius 3 is 1.01 bits per heavy atom. The third-order valence-corrected chi connectivity index (χ3v) is 16.6. The summed E-state index contributed by atoms with van der Waals surface area (Å²) < 4.78 is 50.5. The molecule has 0 aromatic heterocycles. The van der Waals surface area contributed by atoms with Crippen molar-refractivity contribution < 1.29 is 127 Å². The van der Waals surface area contributed by atoms with E-state index in [0.717, 1.165) is 0 Å². The van der Waals surface area contributed by atoms with E-state index in [1.165, 1.54) is 20.8 Å². The van der Waals surface area contributed by atoms with Crippen LogP contribution in [0.5, 0.6) is 0 Å². The molecule has 19 N–H and O–H groups in total. The lowest BCUT2D eigenvalue weighted by molar-refractivity contribution is -0.270. The fourth-order valence-electron chi connectivity index (χ4n) is 11.4. The first-order valence-electron chi connectivity index (χ1n) is 34.9. The van der Waals surface area contributed by atoms with Crippen LogP contribution < -0.4 is 53.2 Å². The maximum absolute atomic E-state index is 13.3. The standard InChI is InChI=1S/C64H118N10O26/c1-40(2)74-64(18-15-21-65-25-31-92-37-49(83)66-22-9-6-12-28-95-61-52(71-41(3)78)58(89)55(86)44(34-75)98-61,19-16-47(81)69-26-32-93-38-50(84)67-23-10-7-13-29-96-62-53(72-42(4)79)59(90)56(87)45(35-76)99-62)20-17-48(82)70-27-33-94-39-51(85)68-24-11-8-14-30-97-63-54(73-43(5)80)60(91)57(88)46(36-77)100-63/h40,44-46,52-63,65,74-77,86-91H,6-39H2,1-5H3,(H,66,83)(H,67,84)(H,68,85)(H,69,81)(H,70,82)(H,71,78)(H,72,79)(H,73,80)/t44-,45-,46-,52-,53-,54-,55+,56+,57+,58-,59-,60-,61-,62-,63-/m1/s1. The summed E-state index contributed by atoms with van der Waals surface area (Å²) in [6.45, 7) is 8.72. The number of aliphatic hydroxyl groups is 9. The molecule has 36 nitrogen and oxygen atoms in total. The van der Waals surface area contributed by atoms with Crippen molar-refractivity contribution in [1.29, 1.82) is 0 Å². The third kappa shape index (κ3) is 35.9. The molecule has 36 heteroatoms. The van der Waals surface area contributed by atoms with Gasteiger partial charge in [0.15, 0.2) is 18.9 Å². The first-order chi connectivity index (χ1) is 47.8. The predicted molar refractivity (Wildman–Crippen MR) is 355 cm³/mol. The predicted octanol–water partition coefficient (Wildman–Crippen LogP) is -6.32. The molecule has 3 saturated heterocycles. The largest absolute Gasteiger partial charge is 0.394 e. The number of rotatable bonds is 54. The Kier molecular flexibility index (Phi) is 45.6. The van der Waals surface area contributed by atoms with Crippen LogP contribution in [0.1, 0.15) is 131 Å². The van der Waals surface area contributed by atoms with E-state index >= 15 is 0 Å². The molecule has 100 heavy (non-hydrogen) atoms. The molecule has 580 valence electrons. The summed E-state index contributed by atoms with van der Waals surface area (Å²) in [5, 5.41) is 119. The molecule has 0 bridgehead atoms. The zero-order chi connectivity index (χ0) is 73.8. The lowest BCUT2D eigenvalue weighted by Crippen LogP contribution is -2.64. The van der Waals surface area contributed by atoms with Crippen molar-refractivity contribution in [2.45, 2.75) is 234 Å². The van der Waals surface area contributed by atoms with Gasteiger partial charge in [-0.1, -0.05) is 13.8 Å². The van der Waals surface area contributed by atoms with Crippen LogP contribution in [0.25, 0.3) is 0 Å². The smallest absolute Gasteiger partial charge is 0.245 e. The van der Waals surface area contributed by atoms with E-state index in [4.69, 9.17) is 42.6 Å². The van der Waals surface area contributed by atoms with Gasteiger partial charge in [0.1, 0.15) is 92.9 Å². The Bertz CT molecular complexity index is 2240. The van der Waals surface area contributed by atoms with Crippen molar-refractivity contribution in [3.63, 3.8) is 0 Å². The van der Waals surface area contributed by atoms with Gasteiger partial charge in [-0.05, 0) is 90.0 Å². The molecule has 3 aliphatic heterocycles. The summed E-state index contributed by atoms with van der Waals surface area (Å²) in [6.07, 6.45) is -7.41. The van der Waals surface area contributed by atoms with Gasteiger partial charge in [0, 0.05) is 104 Å². The number of nitrogens with one attached hydrogen (secondary N) is 10. The molecule has 3 heterocycles. The summed E-state index contributed by atoms with van der Waals surface area (Å²) in [5.74, 6) is -2.87. The summed E-state index contributed by atoms with van der Waals surface area (Å²) in [5.41, 5.74) is -0.661. The minimum absolute atomic E-state index is 0.0318. The van der Waals surface area contributed by atoms with Gasteiger partial charge in [-0.3, -0.25) is 38.4 Å². The first kappa shape index (κ1) is 89.2. The Balaban J connectivity index is 1.39. The van der Waals surface area contributed by atoms with E-state index in [9.17, 15) is 84.3 Å². The highest BCUT2D eigenvalue weighted by atomic mass is 16.7. The van der Waals surface area contributed by atoms with E-state index in [2.05, 4.69) is 53.2 Å². The van der Waals surface area contributed by atoms with Gasteiger partial charge < -0.3 is 142 Å². The quantitative estimate of drug-likeness (QED) is 0.0252. The van der Waals surface area contributed by atoms with Gasteiger partial charge in [0.25, 0.3) is 0 Å². The second-order valence-corrected chi connectivity index (χ2v) is 25.4. The van der Waals surface area contributed by atoms with Gasteiger partial charge in [-0.2, -0.15) is 0 Å². The van der Waals surface area contributed by atoms with Crippen molar-refractivity contribution >= 4 is 47.3 Å². The molecule has 0 unspecified atom stereocenters.